The fourth-order valence-corrected chi connectivity index (χ4v) is 2.47. The van der Waals surface area contributed by atoms with E-state index >= 15 is 0 Å². The second-order valence-corrected chi connectivity index (χ2v) is 7.00. The summed E-state index contributed by atoms with van der Waals surface area (Å²) in [6.45, 7) is -0.532. The molecule has 0 saturated carbocycles. The largest absolute Gasteiger partial charge is 0.542 e. The quantitative estimate of drug-likeness (QED) is 0.472. The molecule has 0 amide bonds. The summed E-state index contributed by atoms with van der Waals surface area (Å²) < 4.78 is 58.1. The van der Waals surface area contributed by atoms with Crippen LogP contribution in [0.15, 0.2) is 36.9 Å². The lowest BCUT2D eigenvalue weighted by Gasteiger charge is -2.03. The van der Waals surface area contributed by atoms with Crippen molar-refractivity contribution in [3.05, 3.63) is 36.9 Å². The van der Waals surface area contributed by atoms with E-state index in [0.29, 0.717) is 11.4 Å². The molecule has 0 bridgehead atoms. The van der Waals surface area contributed by atoms with Crippen LogP contribution in [0.2, 0.25) is 0 Å². The number of rotatable bonds is 7. The van der Waals surface area contributed by atoms with Crippen LogP contribution in [0.25, 0.3) is 11.4 Å². The Morgan fingerprint density at radius 3 is 2.28 bits per heavy atom. The fourth-order valence-electron chi connectivity index (χ4n) is 1.55. The molecule has 15 heteroatoms. The van der Waals surface area contributed by atoms with Crippen molar-refractivity contribution in [3.63, 3.8) is 0 Å². The molecule has 0 radical (unpaired) electrons. The van der Waals surface area contributed by atoms with Crippen LogP contribution < -0.4 is 14.5 Å². The van der Waals surface area contributed by atoms with Gasteiger partial charge in [0.1, 0.15) is 24.5 Å². The van der Waals surface area contributed by atoms with Crippen LogP contribution in [0, 0.1) is 0 Å². The first kappa shape index (κ1) is 23.8. The maximum atomic E-state index is 11.6. The number of carboxylic acid groups (broad SMARTS) is 2. The number of aryl methyl sites for hydroxylation is 1. The van der Waals surface area contributed by atoms with Gasteiger partial charge in [0.15, 0.2) is 18.6 Å². The van der Waals surface area contributed by atoms with Crippen molar-refractivity contribution in [1.82, 2.24) is 19.8 Å². The van der Waals surface area contributed by atoms with Crippen LogP contribution in [0.4, 0.5) is 13.2 Å². The van der Waals surface area contributed by atoms with Crippen molar-refractivity contribution in [2.45, 2.75) is 12.7 Å². The topological polar surface area (TPSA) is 166 Å². The van der Waals surface area contributed by atoms with Gasteiger partial charge in [0.25, 0.3) is 0 Å². The van der Waals surface area contributed by atoms with Gasteiger partial charge >= 0.3 is 12.1 Å². The summed E-state index contributed by atoms with van der Waals surface area (Å²) in [4.78, 5) is 27.3. The maximum Gasteiger partial charge on any atom is 0.430 e. The number of nitrogens with zero attached hydrogens (tertiary/aromatic N) is 4. The molecule has 29 heavy (non-hydrogen) atoms. The van der Waals surface area contributed by atoms with Crippen molar-refractivity contribution in [1.29, 1.82) is 0 Å². The number of sulfonamides is 1. The summed E-state index contributed by atoms with van der Waals surface area (Å²) in [7, 11) is -3.65. The molecule has 0 spiro atoms. The Hall–Kier alpha value is -3.20. The van der Waals surface area contributed by atoms with Gasteiger partial charge in [0.2, 0.25) is 10.0 Å². The highest BCUT2D eigenvalue weighted by Crippen LogP contribution is 2.11. The van der Waals surface area contributed by atoms with Gasteiger partial charge in [-0.1, -0.05) is 4.68 Å². The van der Waals surface area contributed by atoms with Gasteiger partial charge < -0.3 is 15.0 Å². The number of alkyl halides is 3. The number of aromatic nitrogens is 4. The smallest absolute Gasteiger partial charge is 0.430 e. The summed E-state index contributed by atoms with van der Waals surface area (Å²) in [5, 5.41) is 21.3. The SMILES string of the molecule is O=C(O)CNS(=O)(=O)CC[n+]1ccc(-c2ncccn2)cn1.O=C([O-])C(F)(F)F. The summed E-state index contributed by atoms with van der Waals surface area (Å²) in [6, 6.07) is 3.43. The zero-order valence-corrected chi connectivity index (χ0v) is 15.2. The van der Waals surface area contributed by atoms with E-state index in [9.17, 15) is 26.4 Å². The highest BCUT2D eigenvalue weighted by atomic mass is 32.2. The lowest BCUT2D eigenvalue weighted by molar-refractivity contribution is -0.749. The molecule has 2 aromatic rings. The van der Waals surface area contributed by atoms with E-state index in [-0.39, 0.29) is 12.3 Å². The number of hydrogen-bond acceptors (Lipinski definition) is 8. The Morgan fingerprint density at radius 2 is 1.83 bits per heavy atom. The molecule has 11 nitrogen and oxygen atoms in total. The lowest BCUT2D eigenvalue weighted by atomic mass is 10.3. The number of carboxylic acids is 2. The number of nitrogens with one attached hydrogen (secondary N) is 1. The molecule has 2 heterocycles. The molecule has 0 aromatic carbocycles. The monoisotopic (exact) mass is 437 g/mol. The molecule has 2 rings (SSSR count). The first-order valence-corrected chi connectivity index (χ1v) is 9.16. The number of carbonyl (C=O) groups excluding carboxylic acids is 1. The van der Waals surface area contributed by atoms with Gasteiger partial charge in [-0.05, 0) is 11.2 Å². The van der Waals surface area contributed by atoms with Crippen molar-refractivity contribution in [3.8, 4) is 11.4 Å². The first-order valence-electron chi connectivity index (χ1n) is 7.51. The molecular weight excluding hydrogens is 423 g/mol. The van der Waals surface area contributed by atoms with Crippen LogP contribution in [0.3, 0.4) is 0 Å². The third-order valence-electron chi connectivity index (χ3n) is 2.86. The minimum atomic E-state index is -5.19. The van der Waals surface area contributed by atoms with Crippen molar-refractivity contribution >= 4 is 22.0 Å². The molecule has 0 fully saturated rings. The van der Waals surface area contributed by atoms with Gasteiger partial charge in [0, 0.05) is 24.0 Å². The molecule has 0 aliphatic carbocycles. The second kappa shape index (κ2) is 10.4. The summed E-state index contributed by atoms with van der Waals surface area (Å²) >= 11 is 0. The minimum absolute atomic E-state index is 0.102. The Balaban J connectivity index is 0.000000516. The zero-order valence-electron chi connectivity index (χ0n) is 14.4. The van der Waals surface area contributed by atoms with Crippen LogP contribution in [-0.4, -0.2) is 59.0 Å². The first-order chi connectivity index (χ1) is 13.4. The molecule has 0 unspecified atom stereocenters. The van der Waals surface area contributed by atoms with Crippen LogP contribution in [0.5, 0.6) is 0 Å². The van der Waals surface area contributed by atoms with E-state index in [1.54, 1.807) is 30.7 Å². The van der Waals surface area contributed by atoms with Crippen molar-refractivity contribution in [2.75, 3.05) is 12.3 Å². The summed E-state index contributed by atoms with van der Waals surface area (Å²) in [6.07, 6.45) is 1.18. The Kier molecular flexibility index (Phi) is 8.53. The minimum Gasteiger partial charge on any atom is -0.542 e. The van der Waals surface area contributed by atoms with Crippen LogP contribution >= 0.6 is 0 Å². The van der Waals surface area contributed by atoms with E-state index in [1.807, 2.05) is 4.72 Å². The number of halogens is 3. The molecule has 158 valence electrons. The van der Waals surface area contributed by atoms with Gasteiger partial charge in [-0.25, -0.2) is 23.1 Å². The molecule has 0 aliphatic heterocycles. The van der Waals surface area contributed by atoms with E-state index < -0.39 is 34.7 Å². The summed E-state index contributed by atoms with van der Waals surface area (Å²) in [5.41, 5.74) is 0.712. The third kappa shape index (κ3) is 9.52. The van der Waals surface area contributed by atoms with Crippen molar-refractivity contribution in [2.24, 2.45) is 0 Å². The standard InChI is InChI=1S/C12H13N5O4S.C2HF3O2/c18-11(19)9-16-22(20,21)7-6-17-5-2-10(8-15-17)12-13-3-1-4-14-12;3-2(4,5)1(6)7/h1-5,8,16H,6-7,9H2;(H,6,7). The third-order valence-corrected chi connectivity index (χ3v) is 4.16. The normalized spacial score (nSPS) is 11.3. The van der Waals surface area contributed by atoms with Crippen LogP contribution in [0.1, 0.15) is 0 Å². The predicted molar refractivity (Wildman–Crippen MR) is 85.9 cm³/mol. The Morgan fingerprint density at radius 1 is 1.24 bits per heavy atom. The highest BCUT2D eigenvalue weighted by molar-refractivity contribution is 7.89. The van der Waals surface area contributed by atoms with E-state index in [0.717, 1.165) is 0 Å². The number of hydrogen-bond donors (Lipinski definition) is 2. The van der Waals surface area contributed by atoms with E-state index in [1.165, 1.54) is 10.9 Å². The van der Waals surface area contributed by atoms with Gasteiger partial charge in [-0.2, -0.15) is 13.2 Å². The zero-order chi connectivity index (χ0) is 22.1. The maximum absolute atomic E-state index is 11.6. The van der Waals surface area contributed by atoms with E-state index in [4.69, 9.17) is 15.0 Å². The van der Waals surface area contributed by atoms with Crippen molar-refractivity contribution < 1.29 is 46.1 Å². The molecular formula is C14H14F3N5O6S. The van der Waals surface area contributed by atoms with E-state index in [2.05, 4.69) is 15.1 Å². The van der Waals surface area contributed by atoms with Crippen LogP contribution in [-0.2, 0) is 26.2 Å². The highest BCUT2D eigenvalue weighted by Gasteiger charge is 2.28. The second-order valence-electron chi connectivity index (χ2n) is 5.07. The predicted octanol–water partition coefficient (Wildman–Crippen LogP) is -1.87. The van der Waals surface area contributed by atoms with Gasteiger partial charge in [-0.15, -0.1) is 0 Å². The fraction of sp³-hybridized carbons (Fsp3) is 0.286. The number of carbonyl (C=O) groups is 2. The molecule has 0 atom stereocenters. The molecule has 0 saturated heterocycles. The van der Waals surface area contributed by atoms with Gasteiger partial charge in [0.05, 0.1) is 0 Å². The summed E-state index contributed by atoms with van der Waals surface area (Å²) in [5.74, 6) is -3.98. The molecule has 0 aliphatic rings. The molecule has 2 N–H and O–H groups in total. The lowest BCUT2D eigenvalue weighted by Crippen LogP contribution is -2.43. The average Bonchev–Trinajstić information content (AvgIpc) is 2.66. The average molecular weight is 437 g/mol. The Bertz CT molecular complexity index is 923. The van der Waals surface area contributed by atoms with Gasteiger partial charge in [-0.3, -0.25) is 4.79 Å². The Labute approximate surface area is 161 Å². The molecule has 2 aromatic heterocycles. The number of aliphatic carboxylic acids is 2.